The Morgan fingerprint density at radius 3 is 2.09 bits per heavy atom. The molecule has 5 atom stereocenters. The van der Waals surface area contributed by atoms with Crippen molar-refractivity contribution in [2.45, 2.75) is 82.2 Å². The van der Waals surface area contributed by atoms with Crippen LogP contribution < -0.4 is 29.0 Å². The number of nitrogens with zero attached hydrogens (tertiary/aromatic N) is 1. The van der Waals surface area contributed by atoms with E-state index < -0.39 is 65.1 Å². The second-order valence-electron chi connectivity index (χ2n) is 15.7. The lowest BCUT2D eigenvalue weighted by Gasteiger charge is -2.50. The molecule has 2 saturated heterocycles. The van der Waals surface area contributed by atoms with E-state index in [1.54, 1.807) is 18.2 Å². The second kappa shape index (κ2) is 14.8. The lowest BCUT2D eigenvalue weighted by Crippen LogP contribution is -2.61. The Balaban J connectivity index is 1.23. The van der Waals surface area contributed by atoms with Crippen molar-refractivity contribution in [1.29, 1.82) is 0 Å². The molecule has 0 bridgehead atoms. The molecule has 3 aliphatic heterocycles. The van der Waals surface area contributed by atoms with Crippen LogP contribution in [0.3, 0.4) is 0 Å². The average Bonchev–Trinajstić information content (AvgIpc) is 3.78. The highest BCUT2D eigenvalue weighted by molar-refractivity contribution is 5.83. The van der Waals surface area contributed by atoms with E-state index in [2.05, 4.69) is 5.32 Å². The minimum absolute atomic E-state index is 0.00328. The van der Waals surface area contributed by atoms with Crippen LogP contribution in [0.2, 0.25) is 0 Å². The molecule has 0 aromatic heterocycles. The SMILES string of the molecule is COc1cc([C@@H]2c3cc4c(cc3[C@H](OC(=O)[C@H](Cc3ccccc3)NC(=O)OC3CC(C)(C)N(O)C(C)(C)C3)[C@H]3COC(=O)[C@H]23)OCO4)cc(OC)c1OC. The standard InChI is InChI=1S/C41H48N2O12/c1-40(2)18-24(19-41(3,4)43(40)47)54-39(46)42-28(13-22-11-9-8-10-12-22)37(44)55-35-26-17-30-29(52-21-53-30)16-25(26)33(34-27(35)20-51-38(34)45)23-14-31(48-5)36(50-7)32(15-23)49-6/h8-12,14-17,24,27-28,33-35,47H,13,18-21H2,1-7H3,(H,42,46)/t27-,28-,33+,34-,35-/m0/s1. The molecule has 0 radical (unpaired) electrons. The van der Waals surface area contributed by atoms with Crippen LogP contribution in [-0.4, -0.2) is 86.3 Å². The van der Waals surface area contributed by atoms with Gasteiger partial charge in [-0.1, -0.05) is 30.3 Å². The Morgan fingerprint density at radius 1 is 0.873 bits per heavy atom. The van der Waals surface area contributed by atoms with Gasteiger partial charge in [-0.15, -0.1) is 0 Å². The number of esters is 2. The lowest BCUT2D eigenvalue weighted by atomic mass is 9.66. The molecule has 3 aromatic rings. The van der Waals surface area contributed by atoms with Crippen molar-refractivity contribution in [3.63, 3.8) is 0 Å². The predicted octanol–water partition coefficient (Wildman–Crippen LogP) is 5.71. The number of methoxy groups -OCH3 is 3. The van der Waals surface area contributed by atoms with Crippen molar-refractivity contribution in [3.05, 3.63) is 76.9 Å². The van der Waals surface area contributed by atoms with Gasteiger partial charge < -0.3 is 48.4 Å². The Labute approximate surface area is 319 Å². The average molecular weight is 761 g/mol. The van der Waals surface area contributed by atoms with Crippen LogP contribution in [0.25, 0.3) is 0 Å². The predicted molar refractivity (Wildman–Crippen MR) is 196 cm³/mol. The highest BCUT2D eigenvalue weighted by Crippen LogP contribution is 2.56. The molecule has 3 heterocycles. The summed E-state index contributed by atoms with van der Waals surface area (Å²) in [6, 6.07) is 15.3. The molecule has 1 aliphatic carbocycles. The van der Waals surface area contributed by atoms with Crippen LogP contribution in [0, 0.1) is 11.8 Å². The van der Waals surface area contributed by atoms with Crippen molar-refractivity contribution in [2.24, 2.45) is 11.8 Å². The van der Waals surface area contributed by atoms with E-state index in [0.717, 1.165) is 5.56 Å². The van der Waals surface area contributed by atoms with Gasteiger partial charge in [0.2, 0.25) is 12.5 Å². The minimum Gasteiger partial charge on any atom is -0.493 e. The number of carbonyl (C=O) groups is 3. The van der Waals surface area contributed by atoms with Crippen LogP contribution in [-0.2, 0) is 30.2 Å². The molecule has 14 nitrogen and oxygen atoms in total. The fourth-order valence-corrected chi connectivity index (χ4v) is 8.78. The normalized spacial score (nSPS) is 24.1. The van der Waals surface area contributed by atoms with Gasteiger partial charge in [0.25, 0.3) is 0 Å². The fourth-order valence-electron chi connectivity index (χ4n) is 8.78. The number of hydrogen-bond acceptors (Lipinski definition) is 13. The van der Waals surface area contributed by atoms with E-state index in [0.29, 0.717) is 58.3 Å². The quantitative estimate of drug-likeness (QED) is 0.191. The van der Waals surface area contributed by atoms with Crippen molar-refractivity contribution in [2.75, 3.05) is 34.7 Å². The fraction of sp³-hybridized carbons (Fsp3) is 0.488. The minimum atomic E-state index is -1.16. The van der Waals surface area contributed by atoms with Crippen LogP contribution in [0.1, 0.15) is 74.8 Å². The number of piperidine rings is 1. The number of rotatable bonds is 10. The van der Waals surface area contributed by atoms with Crippen LogP contribution in [0.5, 0.6) is 28.7 Å². The van der Waals surface area contributed by atoms with Gasteiger partial charge in [-0.2, -0.15) is 5.06 Å². The van der Waals surface area contributed by atoms with Crippen molar-refractivity contribution >= 4 is 18.0 Å². The molecule has 4 aliphatic rings. The largest absolute Gasteiger partial charge is 0.493 e. The van der Waals surface area contributed by atoms with Gasteiger partial charge in [0, 0.05) is 47.7 Å². The van der Waals surface area contributed by atoms with Crippen molar-refractivity contribution in [3.8, 4) is 28.7 Å². The zero-order valence-corrected chi connectivity index (χ0v) is 32.1. The van der Waals surface area contributed by atoms with Gasteiger partial charge >= 0.3 is 18.0 Å². The summed E-state index contributed by atoms with van der Waals surface area (Å²) in [7, 11) is 4.55. The summed E-state index contributed by atoms with van der Waals surface area (Å²) in [5, 5.41) is 14.8. The number of carbonyl (C=O) groups excluding carboxylic acids is 3. The number of cyclic esters (lactones) is 1. The summed E-state index contributed by atoms with van der Waals surface area (Å²) < 4.78 is 46.5. The third kappa shape index (κ3) is 7.20. The second-order valence-corrected chi connectivity index (χ2v) is 15.7. The number of hydrogen-bond donors (Lipinski definition) is 2. The molecule has 0 unspecified atom stereocenters. The monoisotopic (exact) mass is 760 g/mol. The molecule has 3 aromatic carbocycles. The van der Waals surface area contributed by atoms with Crippen LogP contribution in [0.15, 0.2) is 54.6 Å². The Hall–Kier alpha value is -5.21. The number of alkyl carbamates (subject to hydrolysis) is 1. The molecular formula is C41H48N2O12. The lowest BCUT2D eigenvalue weighted by molar-refractivity contribution is -0.256. The zero-order chi connectivity index (χ0) is 39.2. The zero-order valence-electron chi connectivity index (χ0n) is 32.1. The number of ether oxygens (including phenoxy) is 8. The summed E-state index contributed by atoms with van der Waals surface area (Å²) in [5.41, 5.74) is 1.44. The van der Waals surface area contributed by atoms with Gasteiger partial charge in [0.1, 0.15) is 18.2 Å². The van der Waals surface area contributed by atoms with E-state index in [-0.39, 0.29) is 19.8 Å². The maximum absolute atomic E-state index is 14.4. The number of amides is 1. The van der Waals surface area contributed by atoms with E-state index in [1.807, 2.05) is 64.1 Å². The van der Waals surface area contributed by atoms with Gasteiger partial charge in [0.05, 0.1) is 33.9 Å². The Morgan fingerprint density at radius 2 is 1.49 bits per heavy atom. The molecule has 2 N–H and O–H groups in total. The summed E-state index contributed by atoms with van der Waals surface area (Å²) in [4.78, 5) is 41.7. The maximum Gasteiger partial charge on any atom is 0.408 e. The van der Waals surface area contributed by atoms with Gasteiger partial charge in [-0.3, -0.25) is 4.79 Å². The molecule has 0 spiro atoms. The van der Waals surface area contributed by atoms with E-state index in [9.17, 15) is 19.6 Å². The number of hydroxylamine groups is 2. The first-order chi connectivity index (χ1) is 26.2. The summed E-state index contributed by atoms with van der Waals surface area (Å²) in [6.45, 7) is 7.51. The van der Waals surface area contributed by atoms with Crippen LogP contribution >= 0.6 is 0 Å². The number of nitrogens with one attached hydrogen (secondary N) is 1. The Bertz CT molecular complexity index is 1910. The molecule has 7 rings (SSSR count). The van der Waals surface area contributed by atoms with E-state index in [4.69, 9.17) is 37.9 Å². The summed E-state index contributed by atoms with van der Waals surface area (Å²) in [6.07, 6.45) is -1.39. The molecule has 294 valence electrons. The molecule has 55 heavy (non-hydrogen) atoms. The van der Waals surface area contributed by atoms with Gasteiger partial charge in [-0.25, -0.2) is 9.59 Å². The van der Waals surface area contributed by atoms with E-state index in [1.165, 1.54) is 26.4 Å². The highest BCUT2D eigenvalue weighted by atomic mass is 16.7. The first-order valence-electron chi connectivity index (χ1n) is 18.4. The van der Waals surface area contributed by atoms with E-state index >= 15 is 0 Å². The van der Waals surface area contributed by atoms with Crippen molar-refractivity contribution < 1.29 is 57.5 Å². The molecule has 1 amide bonds. The highest BCUT2D eigenvalue weighted by Gasteiger charge is 2.54. The number of benzene rings is 3. The first-order valence-corrected chi connectivity index (χ1v) is 18.4. The molecule has 0 saturated carbocycles. The third-order valence-corrected chi connectivity index (χ3v) is 11.1. The first kappa shape index (κ1) is 38.1. The van der Waals surface area contributed by atoms with Gasteiger partial charge in [-0.05, 0) is 68.7 Å². The Kier molecular flexibility index (Phi) is 10.2. The summed E-state index contributed by atoms with van der Waals surface area (Å²) >= 11 is 0. The smallest absolute Gasteiger partial charge is 0.408 e. The molecule has 14 heteroatoms. The number of fused-ring (bicyclic) bond motifs is 3. The van der Waals surface area contributed by atoms with Crippen LogP contribution in [0.4, 0.5) is 4.79 Å². The maximum atomic E-state index is 14.4. The van der Waals surface area contributed by atoms with Crippen molar-refractivity contribution in [1.82, 2.24) is 10.4 Å². The van der Waals surface area contributed by atoms with Gasteiger partial charge in [0.15, 0.2) is 23.0 Å². The molecule has 2 fully saturated rings. The topological polar surface area (TPSA) is 161 Å². The summed E-state index contributed by atoms with van der Waals surface area (Å²) in [5.74, 6) is -0.966. The third-order valence-electron chi connectivity index (χ3n) is 11.1. The molecular weight excluding hydrogens is 712 g/mol.